The number of fused-ring (bicyclic) bond motifs is 1. The Morgan fingerprint density at radius 2 is 2.31 bits per heavy atom. The number of hydrogen-bond donors (Lipinski definition) is 1. The molecule has 0 aromatic heterocycles. The van der Waals surface area contributed by atoms with Crippen LogP contribution in [0.1, 0.15) is 5.56 Å². The van der Waals surface area contributed by atoms with Gasteiger partial charge in [0.25, 0.3) is 0 Å². The predicted molar refractivity (Wildman–Crippen MR) is 57.6 cm³/mol. The van der Waals surface area contributed by atoms with Crippen LogP contribution < -0.4 is 9.47 Å². The highest BCUT2D eigenvalue weighted by molar-refractivity contribution is 6.05. The molecule has 0 spiro atoms. The van der Waals surface area contributed by atoms with E-state index in [4.69, 9.17) is 19.4 Å². The maximum Gasteiger partial charge on any atom is 0.134 e. The molecule has 1 N–H and O–H groups in total. The van der Waals surface area contributed by atoms with E-state index in [2.05, 4.69) is 5.16 Å². The van der Waals surface area contributed by atoms with Crippen molar-refractivity contribution in [3.05, 3.63) is 23.8 Å². The highest BCUT2D eigenvalue weighted by Gasteiger charge is 2.20. The lowest BCUT2D eigenvalue weighted by Crippen LogP contribution is -2.04. The lowest BCUT2D eigenvalue weighted by atomic mass is 10.1. The van der Waals surface area contributed by atoms with Gasteiger partial charge >= 0.3 is 0 Å². The van der Waals surface area contributed by atoms with Crippen LogP contribution in [0.5, 0.6) is 11.5 Å². The number of hydrogen-bond acceptors (Lipinski definition) is 5. The smallest absolute Gasteiger partial charge is 0.134 e. The van der Waals surface area contributed by atoms with Gasteiger partial charge < -0.3 is 19.4 Å². The van der Waals surface area contributed by atoms with Gasteiger partial charge in [-0.25, -0.2) is 0 Å². The van der Waals surface area contributed by atoms with Crippen molar-refractivity contribution < 1.29 is 19.4 Å². The SMILES string of the molecule is COCCOc1ccc2c(c1)OCC2=NO. The molecule has 0 amide bonds. The van der Waals surface area contributed by atoms with Crippen LogP contribution in [0, 0.1) is 0 Å². The molecule has 0 fully saturated rings. The Hall–Kier alpha value is -1.75. The van der Waals surface area contributed by atoms with Crippen molar-refractivity contribution in [1.29, 1.82) is 0 Å². The molecule has 5 nitrogen and oxygen atoms in total. The van der Waals surface area contributed by atoms with Crippen LogP contribution in [0.2, 0.25) is 0 Å². The number of oxime groups is 1. The fourth-order valence-electron chi connectivity index (χ4n) is 1.50. The molecule has 0 aliphatic carbocycles. The number of nitrogens with zero attached hydrogens (tertiary/aromatic N) is 1. The van der Waals surface area contributed by atoms with E-state index in [0.717, 1.165) is 11.3 Å². The molecule has 0 radical (unpaired) electrons. The van der Waals surface area contributed by atoms with E-state index < -0.39 is 0 Å². The van der Waals surface area contributed by atoms with Crippen LogP contribution in [-0.2, 0) is 4.74 Å². The molecule has 0 atom stereocenters. The van der Waals surface area contributed by atoms with Gasteiger partial charge in [0.15, 0.2) is 0 Å². The minimum Gasteiger partial charge on any atom is -0.491 e. The molecule has 1 aromatic carbocycles. The summed E-state index contributed by atoms with van der Waals surface area (Å²) >= 11 is 0. The number of rotatable bonds is 4. The predicted octanol–water partition coefficient (Wildman–Crippen LogP) is 1.28. The maximum absolute atomic E-state index is 8.72. The standard InChI is InChI=1S/C11H13NO4/c1-14-4-5-15-8-2-3-9-10(12-13)7-16-11(9)6-8/h2-3,6,13H,4-5,7H2,1H3. The number of methoxy groups -OCH3 is 1. The topological polar surface area (TPSA) is 60.3 Å². The second kappa shape index (κ2) is 4.85. The van der Waals surface area contributed by atoms with Crippen molar-refractivity contribution in [3.8, 4) is 11.5 Å². The van der Waals surface area contributed by atoms with Gasteiger partial charge in [-0.1, -0.05) is 5.16 Å². The minimum atomic E-state index is 0.299. The molecule has 2 rings (SSSR count). The molecule has 5 heteroatoms. The average molecular weight is 223 g/mol. The van der Waals surface area contributed by atoms with Gasteiger partial charge in [0.05, 0.1) is 6.61 Å². The highest BCUT2D eigenvalue weighted by atomic mass is 16.5. The molecule has 86 valence electrons. The van der Waals surface area contributed by atoms with Gasteiger partial charge in [-0.3, -0.25) is 0 Å². The molecule has 1 heterocycles. The Morgan fingerprint density at radius 3 is 3.06 bits per heavy atom. The Labute approximate surface area is 93.2 Å². The Morgan fingerprint density at radius 1 is 1.44 bits per heavy atom. The van der Waals surface area contributed by atoms with E-state index in [-0.39, 0.29) is 0 Å². The number of benzene rings is 1. The van der Waals surface area contributed by atoms with Gasteiger partial charge in [0.1, 0.15) is 30.4 Å². The summed E-state index contributed by atoms with van der Waals surface area (Å²) in [6, 6.07) is 5.41. The van der Waals surface area contributed by atoms with Crippen LogP contribution in [0.15, 0.2) is 23.4 Å². The Bertz CT molecular complexity index is 403. The van der Waals surface area contributed by atoms with Crippen molar-refractivity contribution in [2.24, 2.45) is 5.16 Å². The van der Waals surface area contributed by atoms with E-state index in [1.54, 1.807) is 13.2 Å². The maximum atomic E-state index is 8.72. The van der Waals surface area contributed by atoms with Crippen molar-refractivity contribution in [2.45, 2.75) is 0 Å². The van der Waals surface area contributed by atoms with E-state index in [1.165, 1.54) is 0 Å². The quantitative estimate of drug-likeness (QED) is 0.474. The zero-order valence-corrected chi connectivity index (χ0v) is 8.97. The highest BCUT2D eigenvalue weighted by Crippen LogP contribution is 2.29. The van der Waals surface area contributed by atoms with Crippen molar-refractivity contribution in [3.63, 3.8) is 0 Å². The Balaban J connectivity index is 2.09. The van der Waals surface area contributed by atoms with Gasteiger partial charge in [0.2, 0.25) is 0 Å². The van der Waals surface area contributed by atoms with Crippen LogP contribution >= 0.6 is 0 Å². The first-order chi connectivity index (χ1) is 7.85. The van der Waals surface area contributed by atoms with Crippen molar-refractivity contribution in [2.75, 3.05) is 26.9 Å². The molecule has 1 aromatic rings. The van der Waals surface area contributed by atoms with E-state index in [1.807, 2.05) is 12.1 Å². The third-order valence-corrected chi connectivity index (χ3v) is 2.31. The van der Waals surface area contributed by atoms with Crippen molar-refractivity contribution in [1.82, 2.24) is 0 Å². The minimum absolute atomic E-state index is 0.299. The molecule has 16 heavy (non-hydrogen) atoms. The molecule has 0 unspecified atom stereocenters. The lowest BCUT2D eigenvalue weighted by molar-refractivity contribution is 0.146. The summed E-state index contributed by atoms with van der Waals surface area (Å²) in [6.45, 7) is 1.34. The second-order valence-corrected chi connectivity index (χ2v) is 3.33. The van der Waals surface area contributed by atoms with Crippen molar-refractivity contribution >= 4 is 5.71 Å². The Kier molecular flexibility index (Phi) is 3.26. The zero-order valence-electron chi connectivity index (χ0n) is 8.97. The first kappa shape index (κ1) is 10.8. The van der Waals surface area contributed by atoms with Gasteiger partial charge in [-0.05, 0) is 12.1 Å². The lowest BCUT2D eigenvalue weighted by Gasteiger charge is -2.06. The first-order valence-electron chi connectivity index (χ1n) is 4.95. The molecule has 0 saturated heterocycles. The molecular weight excluding hydrogens is 210 g/mol. The third-order valence-electron chi connectivity index (χ3n) is 2.31. The monoisotopic (exact) mass is 223 g/mol. The van der Waals surface area contributed by atoms with Gasteiger partial charge in [-0.2, -0.15) is 0 Å². The largest absolute Gasteiger partial charge is 0.491 e. The summed E-state index contributed by atoms with van der Waals surface area (Å²) in [4.78, 5) is 0. The molecule has 0 saturated carbocycles. The van der Waals surface area contributed by atoms with Crippen LogP contribution in [0.25, 0.3) is 0 Å². The third kappa shape index (κ3) is 2.09. The zero-order chi connectivity index (χ0) is 11.4. The van der Waals surface area contributed by atoms with E-state index in [9.17, 15) is 0 Å². The molecular formula is C11H13NO4. The summed E-state index contributed by atoms with van der Waals surface area (Å²) in [5, 5.41) is 11.9. The van der Waals surface area contributed by atoms with E-state index >= 15 is 0 Å². The summed E-state index contributed by atoms with van der Waals surface area (Å²) < 4.78 is 15.7. The summed E-state index contributed by atoms with van der Waals surface area (Å²) in [7, 11) is 1.62. The fourth-order valence-corrected chi connectivity index (χ4v) is 1.50. The van der Waals surface area contributed by atoms with Crippen LogP contribution in [0.3, 0.4) is 0 Å². The summed E-state index contributed by atoms with van der Waals surface area (Å²) in [5.41, 5.74) is 1.35. The van der Waals surface area contributed by atoms with Gasteiger partial charge in [0, 0.05) is 18.7 Å². The first-order valence-corrected chi connectivity index (χ1v) is 4.95. The molecule has 1 aliphatic rings. The summed E-state index contributed by atoms with van der Waals surface area (Å²) in [5.74, 6) is 1.40. The molecule has 0 bridgehead atoms. The van der Waals surface area contributed by atoms with Crippen LogP contribution in [0.4, 0.5) is 0 Å². The fraction of sp³-hybridized carbons (Fsp3) is 0.364. The average Bonchev–Trinajstić information content (AvgIpc) is 2.71. The van der Waals surface area contributed by atoms with Gasteiger partial charge in [-0.15, -0.1) is 0 Å². The molecule has 1 aliphatic heterocycles. The summed E-state index contributed by atoms with van der Waals surface area (Å²) in [6.07, 6.45) is 0. The normalized spacial score (nSPS) is 15.9. The second-order valence-electron chi connectivity index (χ2n) is 3.33. The number of ether oxygens (including phenoxy) is 3. The van der Waals surface area contributed by atoms with E-state index in [0.29, 0.717) is 31.3 Å². The van der Waals surface area contributed by atoms with Crippen LogP contribution in [-0.4, -0.2) is 37.8 Å².